The predicted molar refractivity (Wildman–Crippen MR) is 81.1 cm³/mol. The van der Waals surface area contributed by atoms with Crippen molar-refractivity contribution in [3.05, 3.63) is 52.1 Å². The van der Waals surface area contributed by atoms with Crippen LogP contribution < -0.4 is 10.5 Å². The number of thiocarbonyl (C=S) groups is 1. The van der Waals surface area contributed by atoms with E-state index in [1.54, 1.807) is 26.0 Å². The smallest absolute Gasteiger partial charge is 0.184 e. The largest absolute Gasteiger partial charge is 0.453 e. The maximum atomic E-state index is 13.9. The molecule has 0 fully saturated rings. The average molecular weight is 311 g/mol. The van der Waals surface area contributed by atoms with E-state index in [-0.39, 0.29) is 15.8 Å². The lowest BCUT2D eigenvalue weighted by molar-refractivity contribution is 0.440. The summed E-state index contributed by atoms with van der Waals surface area (Å²) in [4.78, 5) is 4.42. The highest BCUT2D eigenvalue weighted by molar-refractivity contribution is 7.80. The molecule has 0 radical (unpaired) electrons. The Morgan fingerprint density at radius 3 is 2.70 bits per heavy atom. The Bertz CT molecular complexity index is 691. The molecule has 1 heterocycles. The summed E-state index contributed by atoms with van der Waals surface area (Å²) in [5.74, 6) is -0.251. The Morgan fingerprint density at radius 1 is 1.35 bits per heavy atom. The van der Waals surface area contributed by atoms with Crippen molar-refractivity contribution < 1.29 is 9.13 Å². The lowest BCUT2D eigenvalue weighted by Crippen LogP contribution is -2.14. The Balaban J connectivity index is 2.53. The van der Waals surface area contributed by atoms with Gasteiger partial charge in [-0.3, -0.25) is 4.98 Å². The fourth-order valence-corrected chi connectivity index (χ4v) is 2.27. The molecular formula is C14H12ClFN2OS. The molecule has 20 heavy (non-hydrogen) atoms. The fraction of sp³-hybridized carbons (Fsp3) is 0.143. The van der Waals surface area contributed by atoms with Crippen molar-refractivity contribution in [2.75, 3.05) is 0 Å². The number of hydrogen-bond acceptors (Lipinski definition) is 3. The van der Waals surface area contributed by atoms with Crippen LogP contribution in [-0.4, -0.2) is 9.97 Å². The van der Waals surface area contributed by atoms with Gasteiger partial charge in [-0.1, -0.05) is 29.9 Å². The number of nitrogens with two attached hydrogens (primary N) is 1. The molecular weight excluding hydrogens is 299 g/mol. The van der Waals surface area contributed by atoms with Gasteiger partial charge in [-0.2, -0.15) is 0 Å². The fourth-order valence-electron chi connectivity index (χ4n) is 1.85. The van der Waals surface area contributed by atoms with Crippen LogP contribution >= 0.6 is 23.8 Å². The van der Waals surface area contributed by atoms with E-state index in [0.717, 1.165) is 5.69 Å². The number of hydrogen-bond donors (Lipinski definition) is 1. The number of ether oxygens (including phenoxy) is 1. The summed E-state index contributed by atoms with van der Waals surface area (Å²) >= 11 is 10.7. The Hall–Kier alpha value is -1.72. The van der Waals surface area contributed by atoms with Crippen molar-refractivity contribution >= 4 is 28.8 Å². The monoisotopic (exact) mass is 310 g/mol. The van der Waals surface area contributed by atoms with Crippen molar-refractivity contribution in [3.63, 3.8) is 0 Å². The number of benzene rings is 1. The standard InChI is InChI=1S/C14H12ClFN2OS/c1-7-6-11(12(14(17)20)8(2)18-7)19-10-5-3-4-9(15)13(10)16/h3-6H,1-2H3,(H2,17,20). The van der Waals surface area contributed by atoms with Gasteiger partial charge in [-0.05, 0) is 26.0 Å². The Labute approximate surface area is 126 Å². The van der Waals surface area contributed by atoms with Gasteiger partial charge >= 0.3 is 0 Å². The Morgan fingerprint density at radius 2 is 2.05 bits per heavy atom. The van der Waals surface area contributed by atoms with E-state index in [4.69, 9.17) is 34.3 Å². The molecule has 1 aromatic heterocycles. The van der Waals surface area contributed by atoms with Crippen LogP contribution in [0.3, 0.4) is 0 Å². The molecule has 0 unspecified atom stereocenters. The molecule has 0 aliphatic heterocycles. The topological polar surface area (TPSA) is 48.1 Å². The SMILES string of the molecule is Cc1cc(Oc2cccc(Cl)c2F)c(C(N)=S)c(C)n1. The number of pyridine rings is 1. The molecule has 0 aliphatic carbocycles. The summed E-state index contributed by atoms with van der Waals surface area (Å²) in [5, 5.41) is -0.0122. The molecule has 6 heteroatoms. The van der Waals surface area contributed by atoms with Crippen LogP contribution in [0.15, 0.2) is 24.3 Å². The van der Waals surface area contributed by atoms with Gasteiger partial charge in [0.2, 0.25) is 0 Å². The van der Waals surface area contributed by atoms with Gasteiger partial charge in [0.1, 0.15) is 10.7 Å². The lowest BCUT2D eigenvalue weighted by atomic mass is 10.1. The van der Waals surface area contributed by atoms with Gasteiger partial charge in [0.15, 0.2) is 11.6 Å². The Kier molecular flexibility index (Phi) is 4.20. The molecule has 2 N–H and O–H groups in total. The first kappa shape index (κ1) is 14.7. The highest BCUT2D eigenvalue weighted by atomic mass is 35.5. The number of halogens is 2. The third-order valence-corrected chi connectivity index (χ3v) is 3.17. The lowest BCUT2D eigenvalue weighted by Gasteiger charge is -2.14. The average Bonchev–Trinajstić information content (AvgIpc) is 2.33. The number of rotatable bonds is 3. The zero-order valence-electron chi connectivity index (χ0n) is 10.9. The molecule has 0 atom stereocenters. The molecule has 0 saturated carbocycles. The van der Waals surface area contributed by atoms with Gasteiger partial charge < -0.3 is 10.5 Å². The maximum absolute atomic E-state index is 13.9. The van der Waals surface area contributed by atoms with Crippen LogP contribution in [0, 0.1) is 19.7 Å². The summed E-state index contributed by atoms with van der Waals surface area (Å²) in [5.41, 5.74) is 7.53. The third-order valence-electron chi connectivity index (χ3n) is 2.67. The zero-order chi connectivity index (χ0) is 14.9. The molecule has 1 aromatic carbocycles. The van der Waals surface area contributed by atoms with Crippen LogP contribution in [0.4, 0.5) is 4.39 Å². The third kappa shape index (κ3) is 2.89. The van der Waals surface area contributed by atoms with E-state index < -0.39 is 5.82 Å². The predicted octanol–water partition coefficient (Wildman–Crippen LogP) is 3.92. The minimum atomic E-state index is -0.629. The van der Waals surface area contributed by atoms with Crippen molar-refractivity contribution in [3.8, 4) is 11.5 Å². The van der Waals surface area contributed by atoms with Gasteiger partial charge in [0.05, 0.1) is 16.3 Å². The van der Waals surface area contributed by atoms with Crippen LogP contribution in [0.1, 0.15) is 17.0 Å². The number of aromatic nitrogens is 1. The van der Waals surface area contributed by atoms with Crippen LogP contribution in [0.2, 0.25) is 5.02 Å². The molecule has 3 nitrogen and oxygen atoms in total. The quantitative estimate of drug-likeness (QED) is 0.873. The van der Waals surface area contributed by atoms with Gasteiger partial charge in [-0.15, -0.1) is 0 Å². The van der Waals surface area contributed by atoms with Crippen LogP contribution in [0.25, 0.3) is 0 Å². The minimum absolute atomic E-state index is 0.0122. The highest BCUT2D eigenvalue weighted by Gasteiger charge is 2.15. The maximum Gasteiger partial charge on any atom is 0.184 e. The van der Waals surface area contributed by atoms with Crippen molar-refractivity contribution in [2.24, 2.45) is 5.73 Å². The highest BCUT2D eigenvalue weighted by Crippen LogP contribution is 2.31. The molecule has 0 spiro atoms. The number of aryl methyl sites for hydroxylation is 2. The first-order valence-corrected chi connectivity index (χ1v) is 6.58. The van der Waals surface area contributed by atoms with Crippen LogP contribution in [-0.2, 0) is 0 Å². The molecule has 0 amide bonds. The van der Waals surface area contributed by atoms with Gasteiger partial charge in [0.25, 0.3) is 0 Å². The second-order valence-electron chi connectivity index (χ2n) is 4.24. The summed E-state index contributed by atoms with van der Waals surface area (Å²) in [6.45, 7) is 3.57. The summed E-state index contributed by atoms with van der Waals surface area (Å²) in [6, 6.07) is 6.18. The summed E-state index contributed by atoms with van der Waals surface area (Å²) in [6.07, 6.45) is 0. The van der Waals surface area contributed by atoms with Crippen molar-refractivity contribution in [1.29, 1.82) is 0 Å². The molecule has 2 aromatic rings. The minimum Gasteiger partial charge on any atom is -0.453 e. The second kappa shape index (κ2) is 5.73. The molecule has 0 aliphatic rings. The van der Waals surface area contributed by atoms with E-state index in [1.807, 2.05) is 0 Å². The summed E-state index contributed by atoms with van der Waals surface area (Å²) < 4.78 is 19.5. The van der Waals surface area contributed by atoms with Crippen LogP contribution in [0.5, 0.6) is 11.5 Å². The van der Waals surface area contributed by atoms with Crippen molar-refractivity contribution in [2.45, 2.75) is 13.8 Å². The van der Waals surface area contributed by atoms with Gasteiger partial charge in [0, 0.05) is 11.8 Å². The zero-order valence-corrected chi connectivity index (χ0v) is 12.5. The van der Waals surface area contributed by atoms with E-state index in [9.17, 15) is 4.39 Å². The van der Waals surface area contributed by atoms with E-state index in [0.29, 0.717) is 17.0 Å². The number of nitrogens with zero attached hydrogens (tertiary/aromatic N) is 1. The second-order valence-corrected chi connectivity index (χ2v) is 5.09. The van der Waals surface area contributed by atoms with E-state index >= 15 is 0 Å². The van der Waals surface area contributed by atoms with Gasteiger partial charge in [-0.25, -0.2) is 4.39 Å². The molecule has 2 rings (SSSR count). The summed E-state index contributed by atoms with van der Waals surface area (Å²) in [7, 11) is 0. The van der Waals surface area contributed by atoms with Crippen molar-refractivity contribution in [1.82, 2.24) is 4.98 Å². The van der Waals surface area contributed by atoms with E-state index in [1.165, 1.54) is 12.1 Å². The first-order chi connectivity index (χ1) is 9.40. The first-order valence-electron chi connectivity index (χ1n) is 5.80. The molecule has 0 saturated heterocycles. The normalized spacial score (nSPS) is 10.4. The molecule has 104 valence electrons. The molecule has 0 bridgehead atoms. The van der Waals surface area contributed by atoms with E-state index in [2.05, 4.69) is 4.98 Å².